The number of nitrogens with one attached hydrogen (secondary N) is 1. The van der Waals surface area contributed by atoms with Gasteiger partial charge in [-0.05, 0) is 31.4 Å². The smallest absolute Gasteiger partial charge is 0.220 e. The predicted molar refractivity (Wildman–Crippen MR) is 82.6 cm³/mol. The monoisotopic (exact) mass is 331 g/mol. The van der Waals surface area contributed by atoms with E-state index in [1.807, 2.05) is 0 Å². The fourth-order valence-electron chi connectivity index (χ4n) is 2.34. The summed E-state index contributed by atoms with van der Waals surface area (Å²) in [6.07, 6.45) is 2.58. The van der Waals surface area contributed by atoms with Gasteiger partial charge in [-0.3, -0.25) is 4.79 Å². The first-order valence-electron chi connectivity index (χ1n) is 7.07. The highest BCUT2D eigenvalue weighted by Crippen LogP contribution is 2.26. The Kier molecular flexibility index (Phi) is 6.30. The van der Waals surface area contributed by atoms with Crippen LogP contribution in [0.4, 0.5) is 0 Å². The lowest BCUT2D eigenvalue weighted by Crippen LogP contribution is -2.29. The molecule has 0 saturated carbocycles. The number of aliphatic hydroxyl groups excluding tert-OH is 1. The summed E-state index contributed by atoms with van der Waals surface area (Å²) in [4.78, 5) is 11.7. The lowest BCUT2D eigenvalue weighted by atomic mass is 10.1. The lowest BCUT2D eigenvalue weighted by Gasteiger charge is -2.14. The van der Waals surface area contributed by atoms with Crippen LogP contribution in [0.25, 0.3) is 0 Å². The molecule has 0 unspecified atom stereocenters. The Morgan fingerprint density at radius 3 is 2.95 bits per heavy atom. The molecule has 0 aromatic heterocycles. The largest absolute Gasteiger partial charge is 0.387 e. The Hall–Kier alpha value is -0.810. The number of halogens is 2. The van der Waals surface area contributed by atoms with Gasteiger partial charge < -0.3 is 15.2 Å². The van der Waals surface area contributed by atoms with E-state index in [0.29, 0.717) is 22.0 Å². The Morgan fingerprint density at radius 2 is 2.29 bits per heavy atom. The molecule has 0 radical (unpaired) electrons. The van der Waals surface area contributed by atoms with Crippen LogP contribution in [-0.4, -0.2) is 30.3 Å². The van der Waals surface area contributed by atoms with Crippen LogP contribution in [0.2, 0.25) is 10.0 Å². The van der Waals surface area contributed by atoms with Crippen LogP contribution >= 0.6 is 23.2 Å². The van der Waals surface area contributed by atoms with Gasteiger partial charge in [-0.25, -0.2) is 0 Å². The summed E-state index contributed by atoms with van der Waals surface area (Å²) in [6.45, 7) is 0.922. The fraction of sp³-hybridized carbons (Fsp3) is 0.533. The van der Waals surface area contributed by atoms with Gasteiger partial charge in [0.15, 0.2) is 0 Å². The maximum Gasteiger partial charge on any atom is 0.220 e. The number of hydrogen-bond acceptors (Lipinski definition) is 3. The van der Waals surface area contributed by atoms with Crippen molar-refractivity contribution >= 4 is 29.1 Å². The molecule has 1 fully saturated rings. The van der Waals surface area contributed by atoms with Gasteiger partial charge in [-0.2, -0.15) is 0 Å². The van der Waals surface area contributed by atoms with Crippen molar-refractivity contribution < 1.29 is 14.6 Å². The third kappa shape index (κ3) is 5.15. The molecule has 21 heavy (non-hydrogen) atoms. The summed E-state index contributed by atoms with van der Waals surface area (Å²) < 4.78 is 5.47. The van der Waals surface area contributed by atoms with E-state index < -0.39 is 6.10 Å². The number of benzene rings is 1. The highest BCUT2D eigenvalue weighted by atomic mass is 35.5. The van der Waals surface area contributed by atoms with Gasteiger partial charge in [0.1, 0.15) is 0 Å². The number of amides is 1. The summed E-state index contributed by atoms with van der Waals surface area (Å²) in [6, 6.07) is 4.89. The standard InChI is InChI=1S/C15H19Cl2NO3/c16-10-3-5-12(13(17)8-10)14(19)9-18-15(20)6-4-11-2-1-7-21-11/h3,5,8,11,14,19H,1-2,4,6-7,9H2,(H,18,20)/t11-,14+/m1/s1. The molecule has 2 atom stereocenters. The minimum absolute atomic E-state index is 0.0883. The highest BCUT2D eigenvalue weighted by molar-refractivity contribution is 6.35. The molecule has 1 saturated heterocycles. The van der Waals surface area contributed by atoms with Gasteiger partial charge in [0.25, 0.3) is 0 Å². The topological polar surface area (TPSA) is 58.6 Å². The van der Waals surface area contributed by atoms with Gasteiger partial charge in [0.05, 0.1) is 12.2 Å². The molecule has 1 heterocycles. The number of carbonyl (C=O) groups is 1. The van der Waals surface area contributed by atoms with E-state index in [1.54, 1.807) is 18.2 Å². The summed E-state index contributed by atoms with van der Waals surface area (Å²) in [5.74, 6) is -0.0883. The summed E-state index contributed by atoms with van der Waals surface area (Å²) in [5.41, 5.74) is 0.556. The van der Waals surface area contributed by atoms with Gasteiger partial charge in [-0.1, -0.05) is 29.3 Å². The second-order valence-corrected chi connectivity index (χ2v) is 6.00. The quantitative estimate of drug-likeness (QED) is 0.842. The molecule has 0 aliphatic carbocycles. The Morgan fingerprint density at radius 1 is 1.48 bits per heavy atom. The van der Waals surface area contributed by atoms with Crippen LogP contribution in [0, 0.1) is 0 Å². The van der Waals surface area contributed by atoms with E-state index in [9.17, 15) is 9.90 Å². The summed E-state index contributed by atoms with van der Waals surface area (Å²) >= 11 is 11.8. The van der Waals surface area contributed by atoms with Crippen LogP contribution in [-0.2, 0) is 9.53 Å². The van der Waals surface area contributed by atoms with E-state index in [4.69, 9.17) is 27.9 Å². The first-order chi connectivity index (χ1) is 10.1. The van der Waals surface area contributed by atoms with E-state index in [2.05, 4.69) is 5.32 Å². The Labute approximate surface area is 134 Å². The molecular formula is C15H19Cl2NO3. The highest BCUT2D eigenvalue weighted by Gasteiger charge is 2.17. The molecule has 4 nitrogen and oxygen atoms in total. The van der Waals surface area contributed by atoms with Crippen molar-refractivity contribution in [1.29, 1.82) is 0 Å². The van der Waals surface area contributed by atoms with E-state index in [-0.39, 0.29) is 18.6 Å². The van der Waals surface area contributed by atoms with Gasteiger partial charge in [0.2, 0.25) is 5.91 Å². The van der Waals surface area contributed by atoms with Crippen molar-refractivity contribution in [1.82, 2.24) is 5.32 Å². The van der Waals surface area contributed by atoms with Crippen molar-refractivity contribution in [3.05, 3.63) is 33.8 Å². The molecule has 6 heteroatoms. The van der Waals surface area contributed by atoms with Crippen molar-refractivity contribution in [3.8, 4) is 0 Å². The summed E-state index contributed by atoms with van der Waals surface area (Å²) in [5, 5.41) is 13.7. The van der Waals surface area contributed by atoms with Crippen LogP contribution in [0.5, 0.6) is 0 Å². The predicted octanol–water partition coefficient (Wildman–Crippen LogP) is 3.10. The third-order valence-corrected chi connectivity index (χ3v) is 4.09. The van der Waals surface area contributed by atoms with Crippen LogP contribution in [0.15, 0.2) is 18.2 Å². The molecule has 0 bridgehead atoms. The average Bonchev–Trinajstić information content (AvgIpc) is 2.95. The lowest BCUT2D eigenvalue weighted by molar-refractivity contribution is -0.122. The third-order valence-electron chi connectivity index (χ3n) is 3.53. The number of rotatable bonds is 6. The van der Waals surface area contributed by atoms with Crippen LogP contribution in [0.1, 0.15) is 37.4 Å². The normalized spacial score (nSPS) is 19.5. The van der Waals surface area contributed by atoms with Crippen LogP contribution in [0.3, 0.4) is 0 Å². The Bertz CT molecular complexity index is 490. The van der Waals surface area contributed by atoms with Gasteiger partial charge in [0, 0.05) is 35.2 Å². The molecular weight excluding hydrogens is 313 g/mol. The number of carbonyl (C=O) groups excluding carboxylic acids is 1. The first-order valence-corrected chi connectivity index (χ1v) is 7.83. The molecule has 1 aromatic carbocycles. The minimum Gasteiger partial charge on any atom is -0.387 e. The van der Waals surface area contributed by atoms with E-state index in [1.165, 1.54) is 0 Å². The molecule has 1 aromatic rings. The number of aliphatic hydroxyl groups is 1. The fourth-order valence-corrected chi connectivity index (χ4v) is 2.88. The zero-order valence-electron chi connectivity index (χ0n) is 11.6. The van der Waals surface area contributed by atoms with E-state index in [0.717, 1.165) is 25.9 Å². The minimum atomic E-state index is -0.846. The Balaban J connectivity index is 1.74. The maximum absolute atomic E-state index is 11.7. The van der Waals surface area contributed by atoms with Gasteiger partial charge in [-0.15, -0.1) is 0 Å². The SMILES string of the molecule is O=C(CC[C@H]1CCCO1)NC[C@H](O)c1ccc(Cl)cc1Cl. The van der Waals surface area contributed by atoms with Crippen molar-refractivity contribution in [3.63, 3.8) is 0 Å². The summed E-state index contributed by atoms with van der Waals surface area (Å²) in [7, 11) is 0. The van der Waals surface area contributed by atoms with Crippen molar-refractivity contribution in [2.24, 2.45) is 0 Å². The average molecular weight is 332 g/mol. The maximum atomic E-state index is 11.7. The second-order valence-electron chi connectivity index (χ2n) is 5.16. The molecule has 0 spiro atoms. The molecule has 2 rings (SSSR count). The van der Waals surface area contributed by atoms with Crippen molar-refractivity contribution in [2.75, 3.05) is 13.2 Å². The number of ether oxygens (including phenoxy) is 1. The molecule has 1 amide bonds. The zero-order chi connectivity index (χ0) is 15.2. The zero-order valence-corrected chi connectivity index (χ0v) is 13.2. The van der Waals surface area contributed by atoms with Gasteiger partial charge >= 0.3 is 0 Å². The molecule has 116 valence electrons. The van der Waals surface area contributed by atoms with E-state index >= 15 is 0 Å². The molecule has 1 aliphatic heterocycles. The second kappa shape index (κ2) is 7.99. The van der Waals surface area contributed by atoms with Crippen LogP contribution < -0.4 is 5.32 Å². The molecule has 2 N–H and O–H groups in total. The first kappa shape index (κ1) is 16.6. The number of hydrogen-bond donors (Lipinski definition) is 2. The molecule has 1 aliphatic rings. The van der Waals surface area contributed by atoms with Crippen molar-refractivity contribution in [2.45, 2.75) is 37.9 Å².